The van der Waals surface area contributed by atoms with Gasteiger partial charge in [-0.1, -0.05) is 149 Å². The second-order valence-electron chi connectivity index (χ2n) is 18.6. The molecule has 0 aliphatic heterocycles. The highest BCUT2D eigenvalue weighted by Gasteiger charge is 2.39. The van der Waals surface area contributed by atoms with Gasteiger partial charge in [-0.2, -0.15) is 0 Å². The smallest absolute Gasteiger partial charge is 0.0705 e. The molecule has 5 aromatic carbocycles. The van der Waals surface area contributed by atoms with E-state index in [1.807, 2.05) is 27.7 Å². The van der Waals surface area contributed by atoms with Crippen molar-refractivity contribution in [2.75, 3.05) is 0 Å². The maximum Gasteiger partial charge on any atom is 0.0705 e. The van der Waals surface area contributed by atoms with E-state index in [1.54, 1.807) is 16.7 Å². The molecule has 3 aromatic heterocycles. The Labute approximate surface area is 387 Å². The lowest BCUT2D eigenvalue weighted by molar-refractivity contribution is 0.714. The fourth-order valence-corrected chi connectivity index (χ4v) is 12.1. The van der Waals surface area contributed by atoms with Crippen LogP contribution in [0.2, 0.25) is 0 Å². The molecule has 6 atom stereocenters. The fraction of sp³-hybridized carbons (Fsp3) is 0.306. The van der Waals surface area contributed by atoms with Gasteiger partial charge in [-0.15, -0.1) is 0 Å². The van der Waals surface area contributed by atoms with Crippen LogP contribution in [-0.2, 0) is 0 Å². The van der Waals surface area contributed by atoms with Crippen molar-refractivity contribution in [1.82, 2.24) is 15.0 Å². The number of aromatic nitrogens is 3. The topological polar surface area (TPSA) is 38.7 Å². The number of fused-ring (bicyclic) bond motifs is 16. The van der Waals surface area contributed by atoms with Crippen LogP contribution in [0, 0.1) is 0 Å². The monoisotopic (exact) mass is 850 g/mol. The Balaban J connectivity index is 0.000000112. The molecule has 0 amide bonds. The highest BCUT2D eigenvalue weighted by Crippen LogP contribution is 2.55. The summed E-state index contributed by atoms with van der Waals surface area (Å²) in [6, 6.07) is 52.0. The molecular formula is C62H63N3. The van der Waals surface area contributed by atoms with Crippen molar-refractivity contribution in [2.24, 2.45) is 0 Å². The highest BCUT2D eigenvalue weighted by atomic mass is 14.7. The first kappa shape index (κ1) is 42.7. The average Bonchev–Trinajstić information content (AvgIpc) is 4.29. The molecule has 3 saturated carbocycles. The Bertz CT molecular complexity index is 2880. The standard InChI is InChI=1S/C22H19N.C20H17N.C16H15N.2C2H6/c1-2-4-15(5-3-1)16-6-8-17(9-7-16)22-13-20-18-10-11-19(12-18)21(20)14-23-22;1-2-4-14-9-17(8-5-13(14)3-1)20-11-18-15-6-7-16(10-15)19(18)12-21-20;1-2-4-11(5-3-1)16-9-14-12-6-7-13(8-12)15(14)10-17-16;2*1-2/h1-9,13-14,18-19H,10-12H2;1-5,8-9,11-12,15-16H,6-7,10H2;1-5,9-10,12-13H,6-8H2;2*1-2H3. The molecule has 3 heterocycles. The normalized spacial score (nSPS) is 21.6. The summed E-state index contributed by atoms with van der Waals surface area (Å²) >= 11 is 0. The summed E-state index contributed by atoms with van der Waals surface area (Å²) in [5.74, 6) is 4.81. The number of hydrogen-bond acceptors (Lipinski definition) is 3. The number of pyridine rings is 3. The predicted octanol–water partition coefficient (Wildman–Crippen LogP) is 17.2. The van der Waals surface area contributed by atoms with Gasteiger partial charge in [-0.25, -0.2) is 0 Å². The molecule has 3 nitrogen and oxygen atoms in total. The minimum absolute atomic E-state index is 0.789. The van der Waals surface area contributed by atoms with Gasteiger partial charge in [-0.3, -0.25) is 15.0 Å². The summed E-state index contributed by atoms with van der Waals surface area (Å²) in [4.78, 5) is 14.1. The molecule has 6 unspecified atom stereocenters. The molecule has 6 aliphatic carbocycles. The second-order valence-corrected chi connectivity index (χ2v) is 18.6. The van der Waals surface area contributed by atoms with E-state index in [1.165, 1.54) is 113 Å². The molecular weight excluding hydrogens is 787 g/mol. The highest BCUT2D eigenvalue weighted by molar-refractivity contribution is 5.87. The summed E-state index contributed by atoms with van der Waals surface area (Å²) in [5.41, 5.74) is 18.9. The Hall–Kier alpha value is -6.19. The summed E-state index contributed by atoms with van der Waals surface area (Å²) in [6.07, 6.45) is 18.7. The molecule has 65 heavy (non-hydrogen) atoms. The zero-order chi connectivity index (χ0) is 44.3. The van der Waals surface area contributed by atoms with Crippen LogP contribution in [0.25, 0.3) is 55.7 Å². The Morgan fingerprint density at radius 3 is 1.08 bits per heavy atom. The van der Waals surface area contributed by atoms with Gasteiger partial charge in [0.2, 0.25) is 0 Å². The van der Waals surface area contributed by atoms with Gasteiger partial charge < -0.3 is 0 Å². The molecule has 326 valence electrons. The third-order valence-electron chi connectivity index (χ3n) is 15.2. The number of nitrogens with zero attached hydrogens (tertiary/aromatic N) is 3. The molecule has 0 saturated heterocycles. The van der Waals surface area contributed by atoms with Crippen molar-refractivity contribution in [3.8, 4) is 44.9 Å². The third kappa shape index (κ3) is 8.47. The quantitative estimate of drug-likeness (QED) is 0.177. The molecule has 0 radical (unpaired) electrons. The molecule has 6 bridgehead atoms. The Morgan fingerprint density at radius 1 is 0.292 bits per heavy atom. The zero-order valence-electron chi connectivity index (χ0n) is 38.8. The first-order valence-electron chi connectivity index (χ1n) is 24.9. The predicted molar refractivity (Wildman–Crippen MR) is 273 cm³/mol. The lowest BCUT2D eigenvalue weighted by Gasteiger charge is -2.15. The molecule has 0 spiro atoms. The van der Waals surface area contributed by atoms with E-state index in [0.717, 1.165) is 52.6 Å². The SMILES string of the molecule is CC.CC.c1ccc(-c2cc3c(cn2)C2CCC3C2)cc1.c1ccc(-c2ccc(-c3cc4c(cn3)C3CCC4C3)cc2)cc1.c1ccc2cc(-c3cc4c(cn3)C3CCC4C3)ccc2c1. The van der Waals surface area contributed by atoms with Crippen molar-refractivity contribution >= 4 is 10.8 Å². The van der Waals surface area contributed by atoms with Crippen LogP contribution >= 0.6 is 0 Å². The van der Waals surface area contributed by atoms with E-state index in [0.29, 0.717) is 0 Å². The van der Waals surface area contributed by atoms with Gasteiger partial charge in [0.15, 0.2) is 0 Å². The number of benzene rings is 5. The molecule has 3 fully saturated rings. The fourth-order valence-electron chi connectivity index (χ4n) is 12.1. The first-order valence-corrected chi connectivity index (χ1v) is 24.9. The van der Waals surface area contributed by atoms with Crippen LogP contribution in [0.4, 0.5) is 0 Å². The maximum atomic E-state index is 4.75. The van der Waals surface area contributed by atoms with Crippen LogP contribution in [0.1, 0.15) is 154 Å². The summed E-state index contributed by atoms with van der Waals surface area (Å²) < 4.78 is 0. The molecule has 0 N–H and O–H groups in total. The molecule has 14 rings (SSSR count). The van der Waals surface area contributed by atoms with E-state index in [9.17, 15) is 0 Å². The van der Waals surface area contributed by atoms with E-state index in [2.05, 4.69) is 169 Å². The van der Waals surface area contributed by atoms with Crippen molar-refractivity contribution < 1.29 is 0 Å². The van der Waals surface area contributed by atoms with E-state index in [4.69, 9.17) is 9.97 Å². The van der Waals surface area contributed by atoms with Crippen LogP contribution in [0.3, 0.4) is 0 Å². The summed E-state index contributed by atoms with van der Waals surface area (Å²) in [7, 11) is 0. The summed E-state index contributed by atoms with van der Waals surface area (Å²) in [6.45, 7) is 8.00. The second kappa shape index (κ2) is 19.1. The van der Waals surface area contributed by atoms with E-state index >= 15 is 0 Å². The van der Waals surface area contributed by atoms with E-state index < -0.39 is 0 Å². The van der Waals surface area contributed by atoms with Gasteiger partial charge in [0, 0.05) is 35.3 Å². The molecule has 3 heteroatoms. The van der Waals surface area contributed by atoms with Gasteiger partial charge >= 0.3 is 0 Å². The summed E-state index contributed by atoms with van der Waals surface area (Å²) in [5, 5.41) is 2.58. The Morgan fingerprint density at radius 2 is 0.615 bits per heavy atom. The molecule has 8 aromatic rings. The van der Waals surface area contributed by atoms with Crippen molar-refractivity contribution in [1.29, 1.82) is 0 Å². The van der Waals surface area contributed by atoms with Crippen molar-refractivity contribution in [3.63, 3.8) is 0 Å². The Kier molecular flexibility index (Phi) is 12.6. The first-order chi connectivity index (χ1) is 32.2. The number of rotatable bonds is 4. The van der Waals surface area contributed by atoms with Gasteiger partial charge in [0.1, 0.15) is 0 Å². The van der Waals surface area contributed by atoms with Crippen LogP contribution in [0.15, 0.2) is 164 Å². The lowest BCUT2D eigenvalue weighted by atomic mass is 9.92. The third-order valence-corrected chi connectivity index (χ3v) is 15.2. The van der Waals surface area contributed by atoms with Gasteiger partial charge in [0.05, 0.1) is 17.1 Å². The van der Waals surface area contributed by atoms with Crippen LogP contribution in [-0.4, -0.2) is 15.0 Å². The van der Waals surface area contributed by atoms with Crippen molar-refractivity contribution in [2.45, 2.75) is 121 Å². The van der Waals surface area contributed by atoms with Crippen LogP contribution < -0.4 is 0 Å². The van der Waals surface area contributed by atoms with E-state index in [-0.39, 0.29) is 0 Å². The van der Waals surface area contributed by atoms with Crippen molar-refractivity contribution in [3.05, 3.63) is 198 Å². The number of hydrogen-bond donors (Lipinski definition) is 0. The van der Waals surface area contributed by atoms with Gasteiger partial charge in [-0.05, 0) is 173 Å². The minimum atomic E-state index is 0.789. The molecule has 6 aliphatic rings. The van der Waals surface area contributed by atoms with Gasteiger partial charge in [0.25, 0.3) is 0 Å². The lowest BCUT2D eigenvalue weighted by Crippen LogP contribution is -1.99. The average molecular weight is 850 g/mol. The zero-order valence-corrected chi connectivity index (χ0v) is 38.8. The van der Waals surface area contributed by atoms with Crippen LogP contribution in [0.5, 0.6) is 0 Å². The largest absolute Gasteiger partial charge is 0.256 e. The minimum Gasteiger partial charge on any atom is -0.256 e. The maximum absolute atomic E-state index is 4.75.